The van der Waals surface area contributed by atoms with Crippen LogP contribution in [-0.4, -0.2) is 35.6 Å². The third-order valence-corrected chi connectivity index (χ3v) is 4.18. The number of carbonyl (C=O) groups excluding carboxylic acids is 1. The number of nitrogens with zero attached hydrogens (tertiary/aromatic N) is 1. The van der Waals surface area contributed by atoms with Gasteiger partial charge in [0.05, 0.1) is 5.56 Å². The first-order valence-electron chi connectivity index (χ1n) is 5.66. The zero-order valence-electron chi connectivity index (χ0n) is 9.30. The molecular weight excluding hydrogens is 234 g/mol. The third kappa shape index (κ3) is 1.73. The Balaban J connectivity index is 1.87. The summed E-state index contributed by atoms with van der Waals surface area (Å²) in [4.78, 5) is 14.0. The minimum Gasteiger partial charge on any atom is -0.396 e. The first kappa shape index (κ1) is 10.7. The van der Waals surface area contributed by atoms with Gasteiger partial charge in [0, 0.05) is 41.1 Å². The summed E-state index contributed by atoms with van der Waals surface area (Å²) in [7, 11) is 0. The van der Waals surface area contributed by atoms with E-state index in [2.05, 4.69) is 0 Å². The normalized spacial score (nSPS) is 16.2. The summed E-state index contributed by atoms with van der Waals surface area (Å²) >= 11 is 1.60. The SMILES string of the molecule is O=C(c1csc2ccccc12)N1CC(CO)C1. The summed E-state index contributed by atoms with van der Waals surface area (Å²) < 4.78 is 1.15. The van der Waals surface area contributed by atoms with Crippen LogP contribution < -0.4 is 0 Å². The first-order valence-corrected chi connectivity index (χ1v) is 6.54. The van der Waals surface area contributed by atoms with Crippen molar-refractivity contribution in [2.75, 3.05) is 19.7 Å². The predicted molar refractivity (Wildman–Crippen MR) is 68.3 cm³/mol. The van der Waals surface area contributed by atoms with E-state index in [4.69, 9.17) is 5.11 Å². The number of likely N-dealkylation sites (tertiary alicyclic amines) is 1. The lowest BCUT2D eigenvalue weighted by molar-refractivity contribution is 0.0364. The van der Waals surface area contributed by atoms with E-state index in [-0.39, 0.29) is 18.4 Å². The fraction of sp³-hybridized carbons (Fsp3) is 0.308. The molecule has 1 fully saturated rings. The minimum absolute atomic E-state index is 0.0900. The molecule has 0 radical (unpaired) electrons. The van der Waals surface area contributed by atoms with Gasteiger partial charge in [0.2, 0.25) is 0 Å². The highest BCUT2D eigenvalue weighted by atomic mass is 32.1. The van der Waals surface area contributed by atoms with Crippen molar-refractivity contribution in [2.45, 2.75) is 0 Å². The van der Waals surface area contributed by atoms with Gasteiger partial charge >= 0.3 is 0 Å². The molecule has 1 N–H and O–H groups in total. The molecule has 2 heterocycles. The van der Waals surface area contributed by atoms with Gasteiger partial charge in [-0.15, -0.1) is 11.3 Å². The summed E-state index contributed by atoms with van der Waals surface area (Å²) in [6.07, 6.45) is 0. The number of aliphatic hydroxyl groups is 1. The molecule has 2 aromatic rings. The number of carbonyl (C=O) groups is 1. The van der Waals surface area contributed by atoms with Gasteiger partial charge in [-0.05, 0) is 6.07 Å². The zero-order valence-corrected chi connectivity index (χ0v) is 10.1. The van der Waals surface area contributed by atoms with Crippen LogP contribution in [0.1, 0.15) is 10.4 Å². The molecule has 88 valence electrons. The Bertz CT molecular complexity index is 557. The fourth-order valence-corrected chi connectivity index (χ4v) is 3.10. The molecule has 4 heteroatoms. The Kier molecular flexibility index (Phi) is 2.61. The Hall–Kier alpha value is -1.39. The number of hydrogen-bond donors (Lipinski definition) is 1. The molecule has 0 saturated carbocycles. The number of thiophene rings is 1. The third-order valence-electron chi connectivity index (χ3n) is 3.21. The van der Waals surface area contributed by atoms with E-state index in [1.807, 2.05) is 29.6 Å². The van der Waals surface area contributed by atoms with Gasteiger partial charge in [-0.1, -0.05) is 18.2 Å². The Labute approximate surface area is 103 Å². The number of fused-ring (bicyclic) bond motifs is 1. The topological polar surface area (TPSA) is 40.5 Å². The minimum atomic E-state index is 0.0900. The molecule has 1 aliphatic heterocycles. The van der Waals surface area contributed by atoms with Crippen molar-refractivity contribution in [2.24, 2.45) is 5.92 Å². The van der Waals surface area contributed by atoms with Crippen molar-refractivity contribution in [1.29, 1.82) is 0 Å². The van der Waals surface area contributed by atoms with Crippen molar-refractivity contribution in [3.63, 3.8) is 0 Å². The molecule has 1 saturated heterocycles. The summed E-state index contributed by atoms with van der Waals surface area (Å²) in [5, 5.41) is 11.9. The molecule has 1 amide bonds. The van der Waals surface area contributed by atoms with Gasteiger partial charge < -0.3 is 10.0 Å². The predicted octanol–water partition coefficient (Wildman–Crippen LogP) is 1.97. The molecule has 0 atom stereocenters. The molecule has 0 bridgehead atoms. The second-order valence-corrected chi connectivity index (χ2v) is 5.32. The molecule has 1 aromatic heterocycles. The van der Waals surface area contributed by atoms with Gasteiger partial charge in [0.1, 0.15) is 0 Å². The van der Waals surface area contributed by atoms with E-state index in [9.17, 15) is 4.79 Å². The number of benzene rings is 1. The standard InChI is InChI=1S/C13H13NO2S/c15-7-9-5-14(6-9)13(16)11-8-17-12-4-2-1-3-10(11)12/h1-4,8-9,15H,5-7H2. The van der Waals surface area contributed by atoms with Crippen LogP contribution in [0.2, 0.25) is 0 Å². The smallest absolute Gasteiger partial charge is 0.255 e. The monoisotopic (exact) mass is 247 g/mol. The lowest BCUT2D eigenvalue weighted by Gasteiger charge is -2.38. The molecule has 1 aliphatic rings. The second-order valence-electron chi connectivity index (χ2n) is 4.40. The van der Waals surface area contributed by atoms with Gasteiger partial charge in [0.15, 0.2) is 0 Å². The molecule has 0 spiro atoms. The van der Waals surface area contributed by atoms with Gasteiger partial charge in [-0.2, -0.15) is 0 Å². The van der Waals surface area contributed by atoms with Gasteiger partial charge in [-0.25, -0.2) is 0 Å². The molecule has 0 unspecified atom stereocenters. The van der Waals surface area contributed by atoms with Gasteiger partial charge in [0.25, 0.3) is 5.91 Å². The zero-order chi connectivity index (χ0) is 11.8. The van der Waals surface area contributed by atoms with Crippen molar-refractivity contribution in [1.82, 2.24) is 4.90 Å². The van der Waals surface area contributed by atoms with E-state index in [0.29, 0.717) is 13.1 Å². The number of rotatable bonds is 2. The van der Waals surface area contributed by atoms with Gasteiger partial charge in [-0.3, -0.25) is 4.79 Å². The average molecular weight is 247 g/mol. The van der Waals surface area contributed by atoms with Crippen molar-refractivity contribution in [3.05, 3.63) is 35.2 Å². The Morgan fingerprint density at radius 1 is 1.41 bits per heavy atom. The maximum absolute atomic E-state index is 12.2. The van der Waals surface area contributed by atoms with Crippen molar-refractivity contribution < 1.29 is 9.90 Å². The van der Waals surface area contributed by atoms with E-state index < -0.39 is 0 Å². The van der Waals surface area contributed by atoms with Crippen LogP contribution in [0.5, 0.6) is 0 Å². The maximum Gasteiger partial charge on any atom is 0.255 e. The summed E-state index contributed by atoms with van der Waals surface area (Å²) in [5.41, 5.74) is 0.794. The van der Waals surface area contributed by atoms with E-state index in [1.54, 1.807) is 16.2 Å². The highest BCUT2D eigenvalue weighted by Crippen LogP contribution is 2.28. The number of amides is 1. The van der Waals surface area contributed by atoms with Crippen LogP contribution in [-0.2, 0) is 0 Å². The lowest BCUT2D eigenvalue weighted by Crippen LogP contribution is -2.51. The van der Waals surface area contributed by atoms with Crippen LogP contribution in [0.3, 0.4) is 0 Å². The largest absolute Gasteiger partial charge is 0.396 e. The highest BCUT2D eigenvalue weighted by molar-refractivity contribution is 7.17. The Morgan fingerprint density at radius 2 is 2.18 bits per heavy atom. The molecule has 0 aliphatic carbocycles. The fourth-order valence-electron chi connectivity index (χ4n) is 2.16. The first-order chi connectivity index (χ1) is 8.29. The lowest BCUT2D eigenvalue weighted by atomic mass is 10.00. The van der Waals surface area contributed by atoms with E-state index >= 15 is 0 Å². The van der Waals surface area contributed by atoms with E-state index in [0.717, 1.165) is 15.6 Å². The van der Waals surface area contributed by atoms with Crippen LogP contribution in [0.4, 0.5) is 0 Å². The highest BCUT2D eigenvalue weighted by Gasteiger charge is 2.31. The van der Waals surface area contributed by atoms with Crippen LogP contribution in [0.15, 0.2) is 29.6 Å². The quantitative estimate of drug-likeness (QED) is 0.881. The molecular formula is C13H13NO2S. The summed E-state index contributed by atoms with van der Waals surface area (Å²) in [6, 6.07) is 7.96. The molecule has 17 heavy (non-hydrogen) atoms. The van der Waals surface area contributed by atoms with Crippen LogP contribution in [0.25, 0.3) is 10.1 Å². The van der Waals surface area contributed by atoms with Crippen molar-refractivity contribution in [3.8, 4) is 0 Å². The molecule has 1 aromatic carbocycles. The number of hydrogen-bond acceptors (Lipinski definition) is 3. The summed E-state index contributed by atoms with van der Waals surface area (Å²) in [6.45, 7) is 1.53. The summed E-state index contributed by atoms with van der Waals surface area (Å²) in [5.74, 6) is 0.357. The molecule has 3 rings (SSSR count). The van der Waals surface area contributed by atoms with E-state index in [1.165, 1.54) is 0 Å². The molecule has 3 nitrogen and oxygen atoms in total. The van der Waals surface area contributed by atoms with Crippen LogP contribution in [0, 0.1) is 5.92 Å². The van der Waals surface area contributed by atoms with Crippen LogP contribution >= 0.6 is 11.3 Å². The number of aliphatic hydroxyl groups excluding tert-OH is 1. The van der Waals surface area contributed by atoms with Crippen molar-refractivity contribution >= 4 is 27.3 Å². The second kappa shape index (κ2) is 4.13. The average Bonchev–Trinajstić information content (AvgIpc) is 2.71. The Morgan fingerprint density at radius 3 is 2.94 bits per heavy atom. The maximum atomic E-state index is 12.2.